The molecule has 1 aromatic carbocycles. The van der Waals surface area contributed by atoms with Crippen LogP contribution in [-0.4, -0.2) is 35.3 Å². The van der Waals surface area contributed by atoms with Crippen molar-refractivity contribution in [1.29, 1.82) is 0 Å². The Hall–Kier alpha value is -2.14. The Balaban J connectivity index is 1.54. The van der Waals surface area contributed by atoms with E-state index in [1.807, 2.05) is 49.6 Å². The molecule has 0 aliphatic heterocycles. The number of hydrazone groups is 1. The van der Waals surface area contributed by atoms with Gasteiger partial charge in [0.05, 0.1) is 27.4 Å². The molecule has 2 aliphatic carbocycles. The van der Waals surface area contributed by atoms with Gasteiger partial charge in [0.15, 0.2) is 0 Å². The summed E-state index contributed by atoms with van der Waals surface area (Å²) in [5.41, 5.74) is 4.03. The Morgan fingerprint density at radius 2 is 2.12 bits per heavy atom. The maximum atomic E-state index is 13.4. The number of carbonyl (C=O) groups is 1. The molecule has 2 bridgehead atoms. The SMILES string of the molecule is CC1(C)C2CCC1(CS(=O)(=O)O)C(=NNC(=O)c1cc(-c3cccs3)nc3ccc(Br)cc13)C2. The minimum Gasteiger partial charge on any atom is -0.286 e. The van der Waals surface area contributed by atoms with Crippen molar-refractivity contribution in [1.82, 2.24) is 10.4 Å². The van der Waals surface area contributed by atoms with Crippen molar-refractivity contribution in [3.63, 3.8) is 0 Å². The number of fused-ring (bicyclic) bond motifs is 3. The smallest absolute Gasteiger partial charge is 0.272 e. The molecule has 178 valence electrons. The lowest BCUT2D eigenvalue weighted by atomic mass is 9.70. The van der Waals surface area contributed by atoms with Crippen LogP contribution in [0.5, 0.6) is 0 Å². The molecule has 2 aliphatic rings. The lowest BCUT2D eigenvalue weighted by Gasteiger charge is -2.37. The fourth-order valence-corrected chi connectivity index (χ4v) is 8.07. The van der Waals surface area contributed by atoms with Gasteiger partial charge >= 0.3 is 0 Å². The second kappa shape index (κ2) is 8.22. The van der Waals surface area contributed by atoms with Crippen LogP contribution in [0.4, 0.5) is 0 Å². The molecule has 0 saturated heterocycles. The summed E-state index contributed by atoms with van der Waals surface area (Å²) in [6, 6.07) is 11.2. The number of rotatable bonds is 5. The third-order valence-corrected chi connectivity index (χ3v) is 9.92. The lowest BCUT2D eigenvalue weighted by Crippen LogP contribution is -2.43. The molecule has 34 heavy (non-hydrogen) atoms. The summed E-state index contributed by atoms with van der Waals surface area (Å²) in [4.78, 5) is 19.1. The summed E-state index contributed by atoms with van der Waals surface area (Å²) in [6.07, 6.45) is 2.10. The molecular formula is C24H24BrN3O4S2. The maximum absolute atomic E-state index is 13.4. The number of nitrogens with one attached hydrogen (secondary N) is 1. The number of benzene rings is 1. The molecule has 7 nitrogen and oxygen atoms in total. The van der Waals surface area contributed by atoms with Gasteiger partial charge in [0.1, 0.15) is 0 Å². The third-order valence-electron chi connectivity index (χ3n) is 7.68. The van der Waals surface area contributed by atoms with Crippen molar-refractivity contribution in [2.24, 2.45) is 21.8 Å². The Bertz CT molecular complexity index is 1430. The summed E-state index contributed by atoms with van der Waals surface area (Å²) in [6.45, 7) is 4.06. The van der Waals surface area contributed by atoms with Gasteiger partial charge in [0, 0.05) is 21.0 Å². The number of hydrogen-bond acceptors (Lipinski definition) is 6. The van der Waals surface area contributed by atoms with Crippen LogP contribution in [0.15, 0.2) is 51.4 Å². The fourth-order valence-electron chi connectivity index (χ4n) is 5.72. The summed E-state index contributed by atoms with van der Waals surface area (Å²) < 4.78 is 34.3. The monoisotopic (exact) mass is 561 g/mol. The van der Waals surface area contributed by atoms with E-state index in [4.69, 9.17) is 4.98 Å². The molecule has 2 aromatic heterocycles. The van der Waals surface area contributed by atoms with E-state index in [0.29, 0.717) is 40.7 Å². The highest BCUT2D eigenvalue weighted by molar-refractivity contribution is 9.10. The first kappa shape index (κ1) is 23.6. The molecule has 3 aromatic rings. The number of hydrogen-bond donors (Lipinski definition) is 2. The zero-order valence-electron chi connectivity index (χ0n) is 18.7. The number of pyridine rings is 1. The highest BCUT2D eigenvalue weighted by atomic mass is 79.9. The van der Waals surface area contributed by atoms with Gasteiger partial charge in [0.25, 0.3) is 16.0 Å². The molecule has 2 fully saturated rings. The first-order valence-electron chi connectivity index (χ1n) is 11.0. The van der Waals surface area contributed by atoms with Crippen LogP contribution in [0.2, 0.25) is 0 Å². The first-order valence-corrected chi connectivity index (χ1v) is 14.3. The molecular weight excluding hydrogens is 538 g/mol. The largest absolute Gasteiger partial charge is 0.286 e. The van der Waals surface area contributed by atoms with Gasteiger partial charge in [-0.3, -0.25) is 9.35 Å². The molecule has 2 atom stereocenters. The van der Waals surface area contributed by atoms with E-state index in [2.05, 4.69) is 26.5 Å². The van der Waals surface area contributed by atoms with Crippen molar-refractivity contribution >= 4 is 59.9 Å². The number of carbonyl (C=O) groups excluding carboxylic acids is 1. The summed E-state index contributed by atoms with van der Waals surface area (Å²) >= 11 is 5.01. The standard InChI is InChI=1S/C24H24BrN3O4S2/c1-23(2)14-7-8-24(23,13-34(30,31)32)21(10-14)27-28-22(29)17-12-19(20-4-3-9-33-20)26-18-6-5-15(25)11-16(17)18/h3-6,9,11-12,14H,7-8,10,13H2,1-2H3,(H,28,29)(H,30,31,32). The van der Waals surface area contributed by atoms with E-state index in [1.165, 1.54) is 0 Å². The minimum absolute atomic E-state index is 0.257. The molecule has 1 amide bonds. The van der Waals surface area contributed by atoms with E-state index < -0.39 is 21.4 Å². The zero-order chi connectivity index (χ0) is 24.3. The van der Waals surface area contributed by atoms with Gasteiger partial charge in [-0.2, -0.15) is 13.5 Å². The van der Waals surface area contributed by atoms with Gasteiger partial charge in [-0.25, -0.2) is 10.4 Å². The lowest BCUT2D eigenvalue weighted by molar-refractivity contribution is 0.0955. The first-order chi connectivity index (χ1) is 16.0. The van der Waals surface area contributed by atoms with Crippen LogP contribution in [0.3, 0.4) is 0 Å². The molecule has 2 heterocycles. The number of thiophene rings is 1. The molecule has 0 spiro atoms. The maximum Gasteiger partial charge on any atom is 0.272 e. The normalized spacial score (nSPS) is 24.7. The van der Waals surface area contributed by atoms with Crippen molar-refractivity contribution in [2.45, 2.75) is 33.1 Å². The van der Waals surface area contributed by atoms with Gasteiger partial charge in [-0.15, -0.1) is 11.3 Å². The van der Waals surface area contributed by atoms with Crippen molar-refractivity contribution in [2.75, 3.05) is 5.75 Å². The van der Waals surface area contributed by atoms with E-state index in [9.17, 15) is 17.8 Å². The molecule has 2 unspecified atom stereocenters. The Morgan fingerprint density at radius 3 is 2.79 bits per heavy atom. The Morgan fingerprint density at radius 1 is 1.32 bits per heavy atom. The summed E-state index contributed by atoms with van der Waals surface area (Å²) in [5.74, 6) is -0.516. The van der Waals surface area contributed by atoms with Crippen molar-refractivity contribution < 1.29 is 17.8 Å². The minimum atomic E-state index is -4.22. The van der Waals surface area contributed by atoms with Gasteiger partial charge in [-0.05, 0) is 66.3 Å². The fraction of sp³-hybridized carbons (Fsp3) is 0.375. The van der Waals surface area contributed by atoms with E-state index in [-0.39, 0.29) is 17.1 Å². The Kier molecular flexibility index (Phi) is 5.70. The van der Waals surface area contributed by atoms with Crippen LogP contribution in [-0.2, 0) is 10.1 Å². The molecule has 5 rings (SSSR count). The molecule has 0 radical (unpaired) electrons. The predicted octanol–water partition coefficient (Wildman–Crippen LogP) is 5.53. The topological polar surface area (TPSA) is 109 Å². The molecule has 10 heteroatoms. The quantitative estimate of drug-likeness (QED) is 0.314. The Labute approximate surface area is 210 Å². The van der Waals surface area contributed by atoms with Crippen LogP contribution in [0, 0.1) is 16.7 Å². The second-order valence-corrected chi connectivity index (χ2v) is 13.0. The van der Waals surface area contributed by atoms with E-state index in [0.717, 1.165) is 15.8 Å². The van der Waals surface area contributed by atoms with Crippen LogP contribution in [0.1, 0.15) is 43.5 Å². The average molecular weight is 563 g/mol. The highest BCUT2D eigenvalue weighted by Gasteiger charge is 2.64. The summed E-state index contributed by atoms with van der Waals surface area (Å²) in [7, 11) is -4.22. The predicted molar refractivity (Wildman–Crippen MR) is 138 cm³/mol. The second-order valence-electron chi connectivity index (χ2n) is 9.66. The number of aromatic nitrogens is 1. The highest BCUT2D eigenvalue weighted by Crippen LogP contribution is 2.64. The van der Waals surface area contributed by atoms with Crippen molar-refractivity contribution in [3.8, 4) is 10.6 Å². The number of halogens is 1. The van der Waals surface area contributed by atoms with Gasteiger partial charge < -0.3 is 0 Å². The van der Waals surface area contributed by atoms with Crippen molar-refractivity contribution in [3.05, 3.63) is 51.8 Å². The average Bonchev–Trinajstić information content (AvgIpc) is 3.42. The van der Waals surface area contributed by atoms with Crippen LogP contribution >= 0.6 is 27.3 Å². The van der Waals surface area contributed by atoms with Gasteiger partial charge in [-0.1, -0.05) is 35.8 Å². The van der Waals surface area contributed by atoms with Crippen LogP contribution in [0.25, 0.3) is 21.5 Å². The molecule has 2 saturated carbocycles. The third kappa shape index (κ3) is 3.90. The van der Waals surface area contributed by atoms with Crippen LogP contribution < -0.4 is 5.43 Å². The summed E-state index contributed by atoms with van der Waals surface area (Å²) in [5, 5.41) is 7.11. The molecule has 2 N–H and O–H groups in total. The van der Waals surface area contributed by atoms with E-state index >= 15 is 0 Å². The number of amides is 1. The number of nitrogens with zero attached hydrogens (tertiary/aromatic N) is 2. The van der Waals surface area contributed by atoms with E-state index in [1.54, 1.807) is 17.4 Å². The zero-order valence-corrected chi connectivity index (χ0v) is 21.9. The van der Waals surface area contributed by atoms with Gasteiger partial charge in [0.2, 0.25) is 0 Å².